The predicted octanol–water partition coefficient (Wildman–Crippen LogP) is 5.58. The number of benzene rings is 2. The monoisotopic (exact) mass is 413 g/mol. The number of nitrogens with one attached hydrogen (secondary N) is 1. The summed E-state index contributed by atoms with van der Waals surface area (Å²) in [6, 6.07) is 8.71. The summed E-state index contributed by atoms with van der Waals surface area (Å²) in [6.07, 6.45) is 0. The van der Waals surface area contributed by atoms with Crippen LogP contribution in [-0.4, -0.2) is 5.91 Å². The van der Waals surface area contributed by atoms with E-state index in [9.17, 15) is 26.7 Å². The molecule has 0 atom stereocenters. The number of halogens is 5. The first kappa shape index (κ1) is 19.8. The van der Waals surface area contributed by atoms with Gasteiger partial charge in [-0.3, -0.25) is 4.79 Å². The van der Waals surface area contributed by atoms with Crippen molar-refractivity contribution in [3.63, 3.8) is 0 Å². The van der Waals surface area contributed by atoms with Gasteiger partial charge in [0.25, 0.3) is 5.91 Å². The Morgan fingerprint density at radius 3 is 2.29 bits per heavy atom. The fourth-order valence-corrected chi connectivity index (χ4v) is 3.12. The molecule has 3 rings (SSSR count). The maximum absolute atomic E-state index is 13.7. The van der Waals surface area contributed by atoms with Crippen LogP contribution in [0, 0.1) is 36.0 Å². The van der Waals surface area contributed by atoms with Crippen LogP contribution in [0.2, 0.25) is 0 Å². The van der Waals surface area contributed by atoms with Gasteiger partial charge in [0.15, 0.2) is 23.3 Å². The van der Waals surface area contributed by atoms with Gasteiger partial charge in [-0.1, -0.05) is 12.1 Å². The summed E-state index contributed by atoms with van der Waals surface area (Å²) in [5.41, 5.74) is 0.215. The third-order valence-electron chi connectivity index (χ3n) is 3.72. The summed E-state index contributed by atoms with van der Waals surface area (Å²) in [5, 5.41) is 3.32. The highest BCUT2D eigenvalue weighted by molar-refractivity contribution is 7.12. The normalized spacial score (nSPS) is 10.8. The van der Waals surface area contributed by atoms with E-state index in [1.54, 1.807) is 16.8 Å². The molecule has 0 aliphatic heterocycles. The minimum Gasteiger partial charge on any atom is -0.489 e. The van der Waals surface area contributed by atoms with Crippen molar-refractivity contribution >= 4 is 22.9 Å². The first-order valence-corrected chi connectivity index (χ1v) is 8.75. The molecule has 2 aromatic carbocycles. The second-order valence-electron chi connectivity index (χ2n) is 5.82. The summed E-state index contributed by atoms with van der Waals surface area (Å²) in [5.74, 6) is -11.2. The zero-order chi connectivity index (χ0) is 20.4. The lowest BCUT2D eigenvalue weighted by Crippen LogP contribution is -2.16. The van der Waals surface area contributed by atoms with Crippen molar-refractivity contribution in [2.24, 2.45) is 0 Å². The van der Waals surface area contributed by atoms with E-state index in [1.165, 1.54) is 6.07 Å². The molecule has 0 fully saturated rings. The number of rotatable bonds is 5. The zero-order valence-electron chi connectivity index (χ0n) is 14.3. The van der Waals surface area contributed by atoms with Gasteiger partial charge in [0.2, 0.25) is 5.82 Å². The van der Waals surface area contributed by atoms with Gasteiger partial charge in [-0.25, -0.2) is 22.0 Å². The van der Waals surface area contributed by atoms with Crippen LogP contribution in [0.4, 0.5) is 27.6 Å². The molecule has 0 bridgehead atoms. The zero-order valence-corrected chi connectivity index (χ0v) is 15.1. The Morgan fingerprint density at radius 1 is 1.00 bits per heavy atom. The van der Waals surface area contributed by atoms with Gasteiger partial charge in [-0.15, -0.1) is 11.3 Å². The first-order valence-electron chi connectivity index (χ1n) is 7.87. The molecule has 0 unspecified atom stereocenters. The number of hydrogen-bond acceptors (Lipinski definition) is 3. The molecule has 0 aliphatic rings. The molecule has 0 saturated heterocycles. The third-order valence-corrected chi connectivity index (χ3v) is 4.70. The topological polar surface area (TPSA) is 38.3 Å². The van der Waals surface area contributed by atoms with E-state index >= 15 is 0 Å². The van der Waals surface area contributed by atoms with Crippen molar-refractivity contribution in [1.29, 1.82) is 0 Å². The molecule has 1 amide bonds. The number of anilines is 1. The van der Waals surface area contributed by atoms with Crippen molar-refractivity contribution < 1.29 is 31.5 Å². The van der Waals surface area contributed by atoms with Gasteiger partial charge < -0.3 is 10.1 Å². The smallest absolute Gasteiger partial charge is 0.265 e. The highest BCUT2D eigenvalue weighted by atomic mass is 32.1. The Morgan fingerprint density at radius 2 is 1.64 bits per heavy atom. The SMILES string of the molecule is Cc1cccc(OCc2csc(C(=O)Nc3c(F)c(F)c(F)c(F)c3F)c2)c1. The maximum atomic E-state index is 13.7. The number of thiophene rings is 1. The van der Waals surface area contributed by atoms with Crippen molar-refractivity contribution in [2.75, 3.05) is 5.32 Å². The van der Waals surface area contributed by atoms with Crippen LogP contribution in [0.5, 0.6) is 5.75 Å². The predicted molar refractivity (Wildman–Crippen MR) is 94.0 cm³/mol. The van der Waals surface area contributed by atoms with Gasteiger partial charge in [0.1, 0.15) is 18.0 Å². The number of hydrogen-bond donors (Lipinski definition) is 1. The summed E-state index contributed by atoms with van der Waals surface area (Å²) in [6.45, 7) is 2.04. The molecule has 1 N–H and O–H groups in total. The largest absolute Gasteiger partial charge is 0.489 e. The molecule has 146 valence electrons. The summed E-state index contributed by atoms with van der Waals surface area (Å²) in [4.78, 5) is 12.2. The number of ether oxygens (including phenoxy) is 1. The van der Waals surface area contributed by atoms with Gasteiger partial charge in [0, 0.05) is 5.56 Å². The molecule has 0 radical (unpaired) electrons. The van der Waals surface area contributed by atoms with Crippen LogP contribution in [0.25, 0.3) is 0 Å². The standard InChI is InChI=1S/C19H12F5NO2S/c1-9-3-2-4-11(5-9)27-7-10-6-12(28-8-10)19(26)25-18-16(23)14(21)13(20)15(22)17(18)24/h2-6,8H,7H2,1H3,(H,25,26). The van der Waals surface area contributed by atoms with E-state index in [-0.39, 0.29) is 11.5 Å². The Hall–Kier alpha value is -2.94. The minimum absolute atomic E-state index is 0.0202. The average molecular weight is 413 g/mol. The number of carbonyl (C=O) groups excluding carboxylic acids is 1. The lowest BCUT2D eigenvalue weighted by atomic mass is 10.2. The van der Waals surface area contributed by atoms with Crippen LogP contribution >= 0.6 is 11.3 Å². The number of amides is 1. The van der Waals surface area contributed by atoms with Crippen LogP contribution < -0.4 is 10.1 Å². The van der Waals surface area contributed by atoms with Crippen LogP contribution in [0.3, 0.4) is 0 Å². The van der Waals surface area contributed by atoms with E-state index in [4.69, 9.17) is 4.74 Å². The molecular weight excluding hydrogens is 401 g/mol. The number of aryl methyl sites for hydroxylation is 1. The summed E-state index contributed by atoms with van der Waals surface area (Å²) in [7, 11) is 0. The van der Waals surface area contributed by atoms with Crippen LogP contribution in [-0.2, 0) is 6.61 Å². The van der Waals surface area contributed by atoms with Gasteiger partial charge in [-0.05, 0) is 36.1 Å². The van der Waals surface area contributed by atoms with Crippen molar-refractivity contribution in [1.82, 2.24) is 0 Å². The van der Waals surface area contributed by atoms with Crippen molar-refractivity contribution in [3.8, 4) is 5.75 Å². The van der Waals surface area contributed by atoms with Crippen molar-refractivity contribution in [2.45, 2.75) is 13.5 Å². The van der Waals surface area contributed by atoms with E-state index < -0.39 is 40.7 Å². The average Bonchev–Trinajstić information content (AvgIpc) is 3.16. The molecule has 3 aromatic rings. The molecule has 9 heteroatoms. The maximum Gasteiger partial charge on any atom is 0.265 e. The van der Waals surface area contributed by atoms with Gasteiger partial charge in [0.05, 0.1) is 4.88 Å². The molecule has 1 heterocycles. The van der Waals surface area contributed by atoms with Crippen LogP contribution in [0.15, 0.2) is 35.7 Å². The second-order valence-corrected chi connectivity index (χ2v) is 6.73. The molecule has 0 aliphatic carbocycles. The highest BCUT2D eigenvalue weighted by Crippen LogP contribution is 2.28. The fourth-order valence-electron chi connectivity index (χ4n) is 2.33. The quantitative estimate of drug-likeness (QED) is 0.337. The molecule has 3 nitrogen and oxygen atoms in total. The van der Waals surface area contributed by atoms with Crippen LogP contribution in [0.1, 0.15) is 20.8 Å². The van der Waals surface area contributed by atoms with Gasteiger partial charge in [-0.2, -0.15) is 0 Å². The van der Waals surface area contributed by atoms with Gasteiger partial charge >= 0.3 is 0 Å². The van der Waals surface area contributed by atoms with Crippen molar-refractivity contribution in [3.05, 3.63) is 80.8 Å². The lowest BCUT2D eigenvalue weighted by molar-refractivity contribution is 0.102. The lowest BCUT2D eigenvalue weighted by Gasteiger charge is -2.09. The second kappa shape index (κ2) is 7.97. The summed E-state index contributed by atoms with van der Waals surface area (Å²) < 4.78 is 72.4. The molecule has 28 heavy (non-hydrogen) atoms. The molecule has 1 aromatic heterocycles. The first-order chi connectivity index (χ1) is 13.3. The fraction of sp³-hybridized carbons (Fsp3) is 0.105. The summed E-state index contributed by atoms with van der Waals surface area (Å²) >= 11 is 0.940. The molecular formula is C19H12F5NO2S. The number of carbonyl (C=O) groups is 1. The Kier molecular flexibility index (Phi) is 5.64. The third kappa shape index (κ3) is 3.99. The minimum atomic E-state index is -2.29. The van der Waals surface area contributed by atoms with E-state index in [0.717, 1.165) is 16.9 Å². The molecule has 0 saturated carbocycles. The highest BCUT2D eigenvalue weighted by Gasteiger charge is 2.27. The Balaban J connectivity index is 1.73. The van der Waals surface area contributed by atoms with E-state index in [1.807, 2.05) is 25.1 Å². The Bertz CT molecular complexity index is 1020. The van der Waals surface area contributed by atoms with E-state index in [2.05, 4.69) is 0 Å². The molecule has 0 spiro atoms. The van der Waals surface area contributed by atoms with E-state index in [0.29, 0.717) is 11.3 Å². The Labute approximate surface area is 160 Å².